The van der Waals surface area contributed by atoms with Crippen LogP contribution in [0, 0.1) is 12.8 Å². The molecule has 25 heavy (non-hydrogen) atoms. The Labute approximate surface area is 145 Å². The molecule has 1 aliphatic heterocycles. The van der Waals surface area contributed by atoms with Crippen molar-refractivity contribution in [2.45, 2.75) is 26.7 Å². The van der Waals surface area contributed by atoms with E-state index in [2.05, 4.69) is 12.0 Å². The Bertz CT molecular complexity index is 911. The lowest BCUT2D eigenvalue weighted by molar-refractivity contribution is 0.0671. The van der Waals surface area contributed by atoms with Crippen LogP contribution in [0.3, 0.4) is 0 Å². The third-order valence-corrected chi connectivity index (χ3v) is 4.60. The summed E-state index contributed by atoms with van der Waals surface area (Å²) in [5.74, 6) is -0.0161. The van der Waals surface area contributed by atoms with E-state index in [1.54, 1.807) is 17.0 Å². The van der Waals surface area contributed by atoms with Gasteiger partial charge >= 0.3 is 5.69 Å². The van der Waals surface area contributed by atoms with E-state index >= 15 is 0 Å². The molecule has 1 saturated heterocycles. The van der Waals surface area contributed by atoms with Gasteiger partial charge in [-0.3, -0.25) is 14.2 Å². The van der Waals surface area contributed by atoms with Crippen molar-refractivity contribution >= 4 is 5.91 Å². The molecule has 1 atom stereocenters. The van der Waals surface area contributed by atoms with Crippen molar-refractivity contribution in [1.29, 1.82) is 0 Å². The van der Waals surface area contributed by atoms with Crippen LogP contribution in [0.5, 0.6) is 0 Å². The fourth-order valence-electron chi connectivity index (χ4n) is 3.09. The zero-order chi connectivity index (χ0) is 18.1. The minimum absolute atomic E-state index is 0.211. The van der Waals surface area contributed by atoms with Crippen molar-refractivity contribution in [3.05, 3.63) is 56.4 Å². The molecule has 2 heterocycles. The molecular weight excluding hydrogens is 320 g/mol. The molecule has 7 heteroatoms. The molecule has 1 unspecified atom stereocenters. The van der Waals surface area contributed by atoms with Gasteiger partial charge in [-0.05, 0) is 37.8 Å². The first-order valence-corrected chi connectivity index (χ1v) is 8.45. The van der Waals surface area contributed by atoms with Gasteiger partial charge in [0.2, 0.25) is 5.69 Å². The lowest BCUT2D eigenvalue weighted by Gasteiger charge is -2.30. The molecule has 7 nitrogen and oxygen atoms in total. The van der Waals surface area contributed by atoms with Gasteiger partial charge in [-0.2, -0.15) is 9.78 Å². The average Bonchev–Trinajstić information content (AvgIpc) is 2.60. The van der Waals surface area contributed by atoms with E-state index in [-0.39, 0.29) is 5.69 Å². The SMILES string of the molecule is Cc1ccc(-n2nc(C(=O)N3CCCC(C)C3)c(=O)n(C)c2=O)cc1. The summed E-state index contributed by atoms with van der Waals surface area (Å²) in [4.78, 5) is 39.3. The highest BCUT2D eigenvalue weighted by molar-refractivity contribution is 5.91. The first kappa shape index (κ1) is 17.1. The van der Waals surface area contributed by atoms with Crippen LogP contribution >= 0.6 is 0 Å². The number of aromatic nitrogens is 3. The molecule has 2 aromatic rings. The molecule has 0 spiro atoms. The Morgan fingerprint density at radius 2 is 1.88 bits per heavy atom. The number of likely N-dealkylation sites (tertiary alicyclic amines) is 1. The predicted molar refractivity (Wildman–Crippen MR) is 94.1 cm³/mol. The topological polar surface area (TPSA) is 77.2 Å². The number of amides is 1. The Morgan fingerprint density at radius 1 is 1.20 bits per heavy atom. The van der Waals surface area contributed by atoms with E-state index in [0.717, 1.165) is 27.7 Å². The van der Waals surface area contributed by atoms with Crippen LogP contribution in [0.1, 0.15) is 35.8 Å². The van der Waals surface area contributed by atoms with Crippen molar-refractivity contribution in [2.75, 3.05) is 13.1 Å². The van der Waals surface area contributed by atoms with Gasteiger partial charge in [-0.15, -0.1) is 0 Å². The van der Waals surface area contributed by atoms with Gasteiger partial charge in [0, 0.05) is 20.1 Å². The number of benzene rings is 1. The van der Waals surface area contributed by atoms with E-state index in [0.29, 0.717) is 24.7 Å². The van der Waals surface area contributed by atoms with Crippen molar-refractivity contribution in [2.24, 2.45) is 13.0 Å². The molecule has 1 aliphatic rings. The molecule has 1 amide bonds. The highest BCUT2D eigenvalue weighted by Gasteiger charge is 2.27. The molecule has 0 bridgehead atoms. The summed E-state index contributed by atoms with van der Waals surface area (Å²) in [5, 5.41) is 4.11. The summed E-state index contributed by atoms with van der Waals surface area (Å²) in [6.07, 6.45) is 1.98. The monoisotopic (exact) mass is 342 g/mol. The maximum absolute atomic E-state index is 12.8. The first-order valence-electron chi connectivity index (χ1n) is 8.45. The first-order chi connectivity index (χ1) is 11.9. The van der Waals surface area contributed by atoms with Gasteiger partial charge in [-0.1, -0.05) is 24.6 Å². The quantitative estimate of drug-likeness (QED) is 0.819. The highest BCUT2D eigenvalue weighted by atomic mass is 16.2. The van der Waals surface area contributed by atoms with Gasteiger partial charge in [0.05, 0.1) is 5.69 Å². The van der Waals surface area contributed by atoms with Crippen LogP contribution in [-0.4, -0.2) is 38.2 Å². The van der Waals surface area contributed by atoms with Gasteiger partial charge < -0.3 is 4.90 Å². The summed E-state index contributed by atoms with van der Waals surface area (Å²) in [5.41, 5.74) is 0.123. The van der Waals surface area contributed by atoms with E-state index in [4.69, 9.17) is 0 Å². The molecule has 1 aromatic carbocycles. The van der Waals surface area contributed by atoms with Crippen molar-refractivity contribution in [3.63, 3.8) is 0 Å². The molecule has 0 radical (unpaired) electrons. The van der Waals surface area contributed by atoms with Crippen LogP contribution in [0.15, 0.2) is 33.9 Å². The summed E-state index contributed by atoms with van der Waals surface area (Å²) < 4.78 is 2.05. The average molecular weight is 342 g/mol. The van der Waals surface area contributed by atoms with Gasteiger partial charge in [-0.25, -0.2) is 4.79 Å². The fourth-order valence-corrected chi connectivity index (χ4v) is 3.09. The van der Waals surface area contributed by atoms with Crippen LogP contribution in [0.4, 0.5) is 0 Å². The highest BCUT2D eigenvalue weighted by Crippen LogP contribution is 2.16. The summed E-state index contributed by atoms with van der Waals surface area (Å²) >= 11 is 0. The molecule has 0 aliphatic carbocycles. The fraction of sp³-hybridized carbons (Fsp3) is 0.444. The van der Waals surface area contributed by atoms with Gasteiger partial charge in [0.1, 0.15) is 0 Å². The van der Waals surface area contributed by atoms with E-state index in [9.17, 15) is 14.4 Å². The third-order valence-electron chi connectivity index (χ3n) is 4.60. The number of rotatable bonds is 2. The minimum Gasteiger partial charge on any atom is -0.337 e. The zero-order valence-corrected chi connectivity index (χ0v) is 14.7. The van der Waals surface area contributed by atoms with Crippen molar-refractivity contribution in [1.82, 2.24) is 19.2 Å². The Balaban J connectivity index is 2.08. The molecule has 132 valence electrons. The number of carbonyl (C=O) groups excluding carboxylic acids is 1. The minimum atomic E-state index is -0.656. The second kappa shape index (κ2) is 6.66. The lowest BCUT2D eigenvalue weighted by Crippen LogP contribution is -2.47. The number of hydrogen-bond donors (Lipinski definition) is 0. The Hall–Kier alpha value is -2.70. The van der Waals surface area contributed by atoms with Gasteiger partial charge in [0.15, 0.2) is 0 Å². The lowest BCUT2D eigenvalue weighted by atomic mass is 10.0. The molecule has 3 rings (SSSR count). The van der Waals surface area contributed by atoms with Crippen LogP contribution in [-0.2, 0) is 7.05 Å². The van der Waals surface area contributed by atoms with E-state index in [1.807, 2.05) is 19.1 Å². The smallest absolute Gasteiger partial charge is 0.337 e. The molecule has 0 N–H and O–H groups in total. The van der Waals surface area contributed by atoms with Gasteiger partial charge in [0.25, 0.3) is 11.5 Å². The van der Waals surface area contributed by atoms with E-state index in [1.165, 1.54) is 7.05 Å². The third kappa shape index (κ3) is 3.26. The maximum atomic E-state index is 12.8. The molecular formula is C18H22N4O3. The second-order valence-electron chi connectivity index (χ2n) is 6.74. The normalized spacial score (nSPS) is 17.6. The number of piperidine rings is 1. The number of aryl methyl sites for hydroxylation is 1. The largest absolute Gasteiger partial charge is 0.351 e. The molecule has 1 fully saturated rings. The van der Waals surface area contributed by atoms with Crippen LogP contribution in [0.25, 0.3) is 5.69 Å². The number of nitrogens with zero attached hydrogens (tertiary/aromatic N) is 4. The predicted octanol–water partition coefficient (Wildman–Crippen LogP) is 1.11. The maximum Gasteiger partial charge on any atom is 0.351 e. The number of carbonyl (C=O) groups is 1. The standard InChI is InChI=1S/C18H22N4O3/c1-12-6-8-14(9-7-12)22-18(25)20(3)16(23)15(19-22)17(24)21-10-4-5-13(2)11-21/h6-9,13H,4-5,10-11H2,1-3H3. The second-order valence-corrected chi connectivity index (χ2v) is 6.74. The van der Waals surface area contributed by atoms with Crippen LogP contribution < -0.4 is 11.2 Å². The molecule has 0 saturated carbocycles. The summed E-state index contributed by atoms with van der Waals surface area (Å²) in [7, 11) is 1.37. The Morgan fingerprint density at radius 3 is 2.52 bits per heavy atom. The molecule has 1 aromatic heterocycles. The Kier molecular flexibility index (Phi) is 4.57. The summed E-state index contributed by atoms with van der Waals surface area (Å²) in [6.45, 7) is 5.23. The van der Waals surface area contributed by atoms with Crippen molar-refractivity contribution < 1.29 is 4.79 Å². The zero-order valence-electron chi connectivity index (χ0n) is 14.7. The van der Waals surface area contributed by atoms with Crippen LogP contribution in [0.2, 0.25) is 0 Å². The van der Waals surface area contributed by atoms with E-state index < -0.39 is 17.2 Å². The number of hydrogen-bond acceptors (Lipinski definition) is 4. The summed E-state index contributed by atoms with van der Waals surface area (Å²) in [6, 6.07) is 7.18. The van der Waals surface area contributed by atoms with Crippen molar-refractivity contribution in [3.8, 4) is 5.69 Å².